The van der Waals surface area contributed by atoms with Crippen LogP contribution in [0.5, 0.6) is 0 Å². The summed E-state index contributed by atoms with van der Waals surface area (Å²) in [7, 11) is 0. The number of rotatable bonds is 5. The minimum absolute atomic E-state index is 0.222. The summed E-state index contributed by atoms with van der Waals surface area (Å²) in [5.74, 6) is -0.227. The topological polar surface area (TPSA) is 78.4 Å². The van der Waals surface area contributed by atoms with Crippen LogP contribution in [0, 0.1) is 19.8 Å². The summed E-state index contributed by atoms with van der Waals surface area (Å²) in [6.45, 7) is 4.26. The van der Waals surface area contributed by atoms with Crippen LogP contribution < -0.4 is 10.6 Å². The van der Waals surface area contributed by atoms with E-state index in [2.05, 4.69) is 10.6 Å². The van der Waals surface area contributed by atoms with Gasteiger partial charge in [0.25, 0.3) is 0 Å². The van der Waals surface area contributed by atoms with Crippen molar-refractivity contribution in [3.05, 3.63) is 28.8 Å². The van der Waals surface area contributed by atoms with Crippen LogP contribution in [0.25, 0.3) is 0 Å². The van der Waals surface area contributed by atoms with Crippen molar-refractivity contribution in [2.45, 2.75) is 39.5 Å². The maximum atomic E-state index is 11.8. The van der Waals surface area contributed by atoms with Gasteiger partial charge >= 0.3 is 12.0 Å². The number of aryl methyl sites for hydroxylation is 1. The first kappa shape index (κ1) is 15.4. The zero-order valence-electron chi connectivity index (χ0n) is 12.5. The van der Waals surface area contributed by atoms with E-state index in [-0.39, 0.29) is 11.6 Å². The molecule has 5 nitrogen and oxygen atoms in total. The highest BCUT2D eigenvalue weighted by atomic mass is 16.4. The lowest BCUT2D eigenvalue weighted by Gasteiger charge is -2.25. The molecule has 21 heavy (non-hydrogen) atoms. The number of urea groups is 1. The predicted molar refractivity (Wildman–Crippen MR) is 81.9 cm³/mol. The molecule has 1 fully saturated rings. The number of carboxylic acid groups (broad SMARTS) is 1. The summed E-state index contributed by atoms with van der Waals surface area (Å²) >= 11 is 0. The third kappa shape index (κ3) is 3.97. The number of hydrogen-bond acceptors (Lipinski definition) is 2. The van der Waals surface area contributed by atoms with Crippen molar-refractivity contribution in [1.82, 2.24) is 5.32 Å². The van der Waals surface area contributed by atoms with Crippen molar-refractivity contribution in [2.75, 3.05) is 11.9 Å². The molecule has 114 valence electrons. The third-order valence-electron chi connectivity index (χ3n) is 4.22. The highest BCUT2D eigenvalue weighted by Gasteiger charge is 2.17. The van der Waals surface area contributed by atoms with Crippen LogP contribution in [0.2, 0.25) is 0 Å². The van der Waals surface area contributed by atoms with E-state index < -0.39 is 5.97 Å². The number of carboxylic acids is 1. The first-order valence-electron chi connectivity index (χ1n) is 7.36. The molecular weight excluding hydrogens is 268 g/mol. The Hall–Kier alpha value is -2.04. The smallest absolute Gasteiger partial charge is 0.336 e. The minimum atomic E-state index is -0.982. The molecule has 0 unspecified atom stereocenters. The summed E-state index contributed by atoms with van der Waals surface area (Å²) < 4.78 is 0. The zero-order valence-corrected chi connectivity index (χ0v) is 12.5. The maximum absolute atomic E-state index is 11.8. The summed E-state index contributed by atoms with van der Waals surface area (Å²) in [5, 5.41) is 14.7. The van der Waals surface area contributed by atoms with Gasteiger partial charge in [-0.3, -0.25) is 0 Å². The first-order chi connectivity index (χ1) is 9.97. The number of amides is 2. The quantitative estimate of drug-likeness (QED) is 0.778. The van der Waals surface area contributed by atoms with Crippen LogP contribution >= 0.6 is 0 Å². The van der Waals surface area contributed by atoms with Gasteiger partial charge in [0.05, 0.1) is 5.56 Å². The number of hydrogen-bond donors (Lipinski definition) is 3. The molecule has 0 radical (unpaired) electrons. The summed E-state index contributed by atoms with van der Waals surface area (Å²) in [6.07, 6.45) is 4.85. The van der Waals surface area contributed by atoms with Gasteiger partial charge in [-0.1, -0.05) is 19.3 Å². The van der Waals surface area contributed by atoms with E-state index >= 15 is 0 Å². The van der Waals surface area contributed by atoms with E-state index in [1.54, 1.807) is 13.0 Å². The Morgan fingerprint density at radius 2 is 2.00 bits per heavy atom. The summed E-state index contributed by atoms with van der Waals surface area (Å²) in [4.78, 5) is 23.0. The lowest BCUT2D eigenvalue weighted by molar-refractivity contribution is 0.0696. The molecule has 1 aliphatic carbocycles. The average molecular weight is 290 g/mol. The largest absolute Gasteiger partial charge is 0.478 e. The van der Waals surface area contributed by atoms with Crippen molar-refractivity contribution < 1.29 is 14.7 Å². The number of nitrogens with one attached hydrogen (secondary N) is 2. The van der Waals surface area contributed by atoms with E-state index in [0.29, 0.717) is 12.2 Å². The number of carbonyl (C=O) groups is 2. The van der Waals surface area contributed by atoms with Gasteiger partial charge in [0, 0.05) is 12.2 Å². The Balaban J connectivity index is 1.91. The van der Waals surface area contributed by atoms with Crippen molar-refractivity contribution in [1.29, 1.82) is 0 Å². The molecule has 2 rings (SSSR count). The molecule has 0 spiro atoms. The fourth-order valence-corrected chi connectivity index (χ4v) is 2.50. The Kier molecular flexibility index (Phi) is 4.83. The van der Waals surface area contributed by atoms with Gasteiger partial charge in [-0.05, 0) is 49.4 Å². The Bertz CT molecular complexity index is 551. The third-order valence-corrected chi connectivity index (χ3v) is 4.22. The predicted octanol–water partition coefficient (Wildman–Crippen LogP) is 3.31. The van der Waals surface area contributed by atoms with Gasteiger partial charge in [0.15, 0.2) is 0 Å². The molecule has 5 heteroatoms. The highest BCUT2D eigenvalue weighted by Crippen LogP contribution is 2.28. The second-order valence-corrected chi connectivity index (χ2v) is 5.74. The van der Waals surface area contributed by atoms with Crippen LogP contribution in [0.1, 0.15) is 47.2 Å². The van der Waals surface area contributed by atoms with Gasteiger partial charge in [-0.25, -0.2) is 9.59 Å². The van der Waals surface area contributed by atoms with E-state index in [4.69, 9.17) is 5.11 Å². The average Bonchev–Trinajstić information content (AvgIpc) is 2.36. The van der Waals surface area contributed by atoms with Crippen LogP contribution in [0.4, 0.5) is 10.5 Å². The van der Waals surface area contributed by atoms with Gasteiger partial charge in [-0.2, -0.15) is 0 Å². The van der Waals surface area contributed by atoms with Crippen LogP contribution in [0.3, 0.4) is 0 Å². The standard InChI is InChI=1S/C16H22N2O3/c1-10-8-13(9-14(11(10)2)15(19)20)18-16(21)17-7-6-12-4-3-5-12/h8-9,12H,3-7H2,1-2H3,(H,19,20)(H2,17,18,21). The number of carbonyl (C=O) groups excluding carboxylic acids is 1. The van der Waals surface area contributed by atoms with E-state index in [1.807, 2.05) is 6.92 Å². The molecule has 3 N–H and O–H groups in total. The van der Waals surface area contributed by atoms with Crippen molar-refractivity contribution in [3.8, 4) is 0 Å². The van der Waals surface area contributed by atoms with Crippen molar-refractivity contribution in [2.24, 2.45) is 5.92 Å². The van der Waals surface area contributed by atoms with Crippen LogP contribution in [-0.4, -0.2) is 23.7 Å². The zero-order chi connectivity index (χ0) is 15.4. The van der Waals surface area contributed by atoms with Gasteiger partial charge in [0.2, 0.25) is 0 Å². The second kappa shape index (κ2) is 6.61. The Morgan fingerprint density at radius 3 is 2.57 bits per heavy atom. The fourth-order valence-electron chi connectivity index (χ4n) is 2.50. The van der Waals surface area contributed by atoms with E-state index in [0.717, 1.165) is 23.5 Å². The van der Waals surface area contributed by atoms with Crippen molar-refractivity contribution in [3.63, 3.8) is 0 Å². The summed E-state index contributed by atoms with van der Waals surface area (Å²) in [6, 6.07) is 3.00. The molecule has 0 bridgehead atoms. The molecular formula is C16H22N2O3. The fraction of sp³-hybridized carbons (Fsp3) is 0.500. The first-order valence-corrected chi connectivity index (χ1v) is 7.36. The normalized spacial score (nSPS) is 14.4. The number of anilines is 1. The SMILES string of the molecule is Cc1cc(NC(=O)NCCC2CCC2)cc(C(=O)O)c1C. The monoisotopic (exact) mass is 290 g/mol. The second-order valence-electron chi connectivity index (χ2n) is 5.74. The van der Waals surface area contributed by atoms with Crippen LogP contribution in [-0.2, 0) is 0 Å². The molecule has 0 aromatic heterocycles. The molecule has 0 saturated heterocycles. The van der Waals surface area contributed by atoms with Crippen LogP contribution in [0.15, 0.2) is 12.1 Å². The lowest BCUT2D eigenvalue weighted by atomic mass is 9.83. The molecule has 1 saturated carbocycles. The molecule has 2 amide bonds. The molecule has 0 atom stereocenters. The number of benzene rings is 1. The molecule has 0 heterocycles. The number of aromatic carboxylic acids is 1. The highest BCUT2D eigenvalue weighted by molar-refractivity contribution is 5.94. The molecule has 0 aliphatic heterocycles. The summed E-state index contributed by atoms with van der Waals surface area (Å²) in [5.41, 5.74) is 2.30. The van der Waals surface area contributed by atoms with Gasteiger partial charge in [-0.15, -0.1) is 0 Å². The maximum Gasteiger partial charge on any atom is 0.336 e. The molecule has 1 aromatic carbocycles. The van der Waals surface area contributed by atoms with Crippen molar-refractivity contribution >= 4 is 17.7 Å². The Morgan fingerprint density at radius 1 is 1.29 bits per heavy atom. The van der Waals surface area contributed by atoms with Gasteiger partial charge in [0.1, 0.15) is 0 Å². The van der Waals surface area contributed by atoms with E-state index in [1.165, 1.54) is 25.3 Å². The van der Waals surface area contributed by atoms with Gasteiger partial charge < -0.3 is 15.7 Å². The molecule has 1 aliphatic rings. The minimum Gasteiger partial charge on any atom is -0.478 e. The Labute approximate surface area is 124 Å². The lowest BCUT2D eigenvalue weighted by Crippen LogP contribution is -2.31. The molecule has 1 aromatic rings. The van der Waals surface area contributed by atoms with E-state index in [9.17, 15) is 9.59 Å².